The van der Waals surface area contributed by atoms with Crippen molar-refractivity contribution in [3.63, 3.8) is 0 Å². The quantitative estimate of drug-likeness (QED) is 0.525. The van der Waals surface area contributed by atoms with Gasteiger partial charge in [-0.25, -0.2) is 22.9 Å². The van der Waals surface area contributed by atoms with Crippen LogP contribution in [0.5, 0.6) is 0 Å². The maximum Gasteiger partial charge on any atom is 0.359 e. The molecule has 3 aromatic rings. The number of rotatable bonds is 5. The number of esters is 1. The van der Waals surface area contributed by atoms with Crippen LogP contribution in [-0.4, -0.2) is 67.0 Å². The monoisotopic (exact) mass is 468 g/mol. The highest BCUT2D eigenvalue weighted by Gasteiger charge is 2.37. The number of benzene rings is 1. The Morgan fingerprint density at radius 1 is 1.15 bits per heavy atom. The number of hydrogen-bond donors (Lipinski definition) is 0. The summed E-state index contributed by atoms with van der Waals surface area (Å²) in [6.07, 6.45) is 1.45. The maximum atomic E-state index is 12.9. The number of carbonyl (C=O) groups excluding carboxylic acids is 1. The molecule has 1 fully saturated rings. The molecule has 0 atom stereocenters. The second-order valence-electron chi connectivity index (χ2n) is 7.98. The minimum absolute atomic E-state index is 0.00186. The van der Waals surface area contributed by atoms with Crippen LogP contribution >= 0.6 is 0 Å². The summed E-state index contributed by atoms with van der Waals surface area (Å²) in [6, 6.07) is 11.3. The molecule has 10 heteroatoms. The van der Waals surface area contributed by atoms with Crippen molar-refractivity contribution in [3.8, 4) is 16.9 Å². The van der Waals surface area contributed by atoms with Gasteiger partial charge in [-0.2, -0.15) is 5.10 Å². The smallest absolute Gasteiger partial charge is 0.359 e. The number of pyridine rings is 1. The number of nitrogens with zero attached hydrogens (tertiary/aromatic N) is 4. The molecule has 0 bridgehead atoms. The summed E-state index contributed by atoms with van der Waals surface area (Å²) in [4.78, 5) is 19.1. The SMILES string of the molecule is CCOC(=O)c1nn(-c2ccc(CN3CCOCC3)cc2)c2c1CS(=O)(=O)c1ncccc1-2. The first-order chi connectivity index (χ1) is 16.0. The Kier molecular flexibility index (Phi) is 5.73. The lowest BCUT2D eigenvalue weighted by molar-refractivity contribution is 0.0342. The molecule has 4 heterocycles. The van der Waals surface area contributed by atoms with Crippen molar-refractivity contribution in [1.29, 1.82) is 0 Å². The molecule has 0 saturated carbocycles. The van der Waals surface area contributed by atoms with E-state index in [9.17, 15) is 13.2 Å². The molecule has 0 unspecified atom stereocenters. The minimum atomic E-state index is -3.71. The molecule has 1 saturated heterocycles. The zero-order valence-electron chi connectivity index (χ0n) is 18.2. The van der Waals surface area contributed by atoms with Crippen LogP contribution in [0.1, 0.15) is 28.5 Å². The Bertz CT molecular complexity index is 1290. The van der Waals surface area contributed by atoms with E-state index in [1.54, 1.807) is 23.7 Å². The summed E-state index contributed by atoms with van der Waals surface area (Å²) < 4.78 is 38.0. The fourth-order valence-corrected chi connectivity index (χ4v) is 5.76. The Morgan fingerprint density at radius 2 is 1.91 bits per heavy atom. The molecule has 0 radical (unpaired) electrons. The molecule has 2 aromatic heterocycles. The molecule has 172 valence electrons. The van der Waals surface area contributed by atoms with E-state index in [0.29, 0.717) is 16.8 Å². The summed E-state index contributed by atoms with van der Waals surface area (Å²) in [5.41, 5.74) is 3.21. The second kappa shape index (κ2) is 8.69. The first kappa shape index (κ1) is 21.7. The third-order valence-corrected chi connectivity index (χ3v) is 7.38. The normalized spacial score (nSPS) is 17.2. The van der Waals surface area contributed by atoms with Crippen molar-refractivity contribution in [2.24, 2.45) is 0 Å². The van der Waals surface area contributed by atoms with Crippen molar-refractivity contribution >= 4 is 15.8 Å². The van der Waals surface area contributed by atoms with Crippen LogP contribution < -0.4 is 0 Å². The van der Waals surface area contributed by atoms with Gasteiger partial charge in [-0.15, -0.1) is 0 Å². The summed E-state index contributed by atoms with van der Waals surface area (Å²) in [5.74, 6) is -0.991. The number of hydrogen-bond acceptors (Lipinski definition) is 8. The van der Waals surface area contributed by atoms with Crippen LogP contribution in [0.4, 0.5) is 0 Å². The van der Waals surface area contributed by atoms with Gasteiger partial charge in [0.05, 0.1) is 37.0 Å². The van der Waals surface area contributed by atoms with Gasteiger partial charge in [0.1, 0.15) is 0 Å². The molecule has 0 amide bonds. The standard InChI is InChI=1S/C23H24N4O5S/c1-2-32-23(28)20-19-15-33(29,30)22-18(4-3-9-24-22)21(19)27(25-20)17-7-5-16(6-8-17)14-26-10-12-31-13-11-26/h3-9H,2,10-15H2,1H3. The van der Waals surface area contributed by atoms with Crippen molar-refractivity contribution in [2.45, 2.75) is 24.2 Å². The molecule has 2 aliphatic rings. The molecular formula is C23H24N4O5S. The zero-order chi connectivity index (χ0) is 23.0. The number of sulfone groups is 1. The third-order valence-electron chi connectivity index (χ3n) is 5.80. The molecule has 5 rings (SSSR count). The van der Waals surface area contributed by atoms with Crippen LogP contribution in [0.15, 0.2) is 47.6 Å². The fraction of sp³-hybridized carbons (Fsp3) is 0.348. The highest BCUT2D eigenvalue weighted by molar-refractivity contribution is 7.90. The predicted molar refractivity (Wildman–Crippen MR) is 120 cm³/mol. The van der Waals surface area contributed by atoms with Crippen molar-refractivity contribution < 1.29 is 22.7 Å². The lowest BCUT2D eigenvalue weighted by Crippen LogP contribution is -2.35. The van der Waals surface area contributed by atoms with E-state index in [0.717, 1.165) is 44.1 Å². The van der Waals surface area contributed by atoms with Crippen molar-refractivity contribution in [1.82, 2.24) is 19.7 Å². The number of fused-ring (bicyclic) bond motifs is 3. The van der Waals surface area contributed by atoms with Gasteiger partial charge in [-0.3, -0.25) is 4.90 Å². The Balaban J connectivity index is 1.58. The van der Waals surface area contributed by atoms with Gasteiger partial charge in [-0.1, -0.05) is 12.1 Å². The lowest BCUT2D eigenvalue weighted by Gasteiger charge is -2.26. The van der Waals surface area contributed by atoms with Gasteiger partial charge in [0.25, 0.3) is 0 Å². The van der Waals surface area contributed by atoms with E-state index >= 15 is 0 Å². The first-order valence-electron chi connectivity index (χ1n) is 10.8. The number of morpholine rings is 1. The molecule has 33 heavy (non-hydrogen) atoms. The van der Waals surface area contributed by atoms with E-state index in [2.05, 4.69) is 15.0 Å². The molecule has 0 N–H and O–H groups in total. The highest BCUT2D eigenvalue weighted by Crippen LogP contribution is 2.39. The van der Waals surface area contributed by atoms with Crippen LogP contribution in [-0.2, 0) is 31.6 Å². The summed E-state index contributed by atoms with van der Waals surface area (Å²) in [6.45, 7) is 5.96. The average Bonchev–Trinajstić information content (AvgIpc) is 3.19. The fourth-order valence-electron chi connectivity index (χ4n) is 4.25. The number of aromatic nitrogens is 3. The molecule has 0 spiro atoms. The van der Waals surface area contributed by atoms with Gasteiger partial charge in [0.2, 0.25) is 9.84 Å². The minimum Gasteiger partial charge on any atom is -0.461 e. The van der Waals surface area contributed by atoms with E-state index in [4.69, 9.17) is 9.47 Å². The topological polar surface area (TPSA) is 104 Å². The van der Waals surface area contributed by atoms with Crippen molar-refractivity contribution in [3.05, 3.63) is 59.4 Å². The van der Waals surface area contributed by atoms with Crippen LogP contribution in [0, 0.1) is 0 Å². The molecular weight excluding hydrogens is 444 g/mol. The van der Waals surface area contributed by atoms with Gasteiger partial charge in [0.15, 0.2) is 10.7 Å². The Labute approximate surface area is 191 Å². The van der Waals surface area contributed by atoms with E-state index in [-0.39, 0.29) is 23.1 Å². The van der Waals surface area contributed by atoms with Crippen molar-refractivity contribution in [2.75, 3.05) is 32.9 Å². The highest BCUT2D eigenvalue weighted by atomic mass is 32.2. The second-order valence-corrected chi connectivity index (χ2v) is 9.88. The third kappa shape index (κ3) is 4.05. The largest absolute Gasteiger partial charge is 0.461 e. The number of carbonyl (C=O) groups is 1. The lowest BCUT2D eigenvalue weighted by atomic mass is 10.1. The van der Waals surface area contributed by atoms with Crippen LogP contribution in [0.2, 0.25) is 0 Å². The molecule has 9 nitrogen and oxygen atoms in total. The van der Waals surface area contributed by atoms with Crippen LogP contribution in [0.3, 0.4) is 0 Å². The molecule has 0 aliphatic carbocycles. The maximum absolute atomic E-state index is 12.9. The Morgan fingerprint density at radius 3 is 2.64 bits per heavy atom. The average molecular weight is 469 g/mol. The van der Waals surface area contributed by atoms with E-state index in [1.165, 1.54) is 6.20 Å². The Hall–Kier alpha value is -3.08. The van der Waals surface area contributed by atoms with Gasteiger partial charge in [-0.05, 0) is 36.8 Å². The van der Waals surface area contributed by atoms with E-state index in [1.807, 2.05) is 24.3 Å². The van der Waals surface area contributed by atoms with Gasteiger partial charge in [0, 0.05) is 37.0 Å². The molecule has 2 aliphatic heterocycles. The van der Waals surface area contributed by atoms with Gasteiger partial charge >= 0.3 is 5.97 Å². The van der Waals surface area contributed by atoms with Crippen LogP contribution in [0.25, 0.3) is 16.9 Å². The summed E-state index contributed by atoms with van der Waals surface area (Å²) >= 11 is 0. The van der Waals surface area contributed by atoms with E-state index < -0.39 is 15.8 Å². The number of ether oxygens (including phenoxy) is 2. The zero-order valence-corrected chi connectivity index (χ0v) is 19.0. The van der Waals surface area contributed by atoms with Gasteiger partial charge < -0.3 is 9.47 Å². The summed E-state index contributed by atoms with van der Waals surface area (Å²) in [7, 11) is -3.71. The molecule has 1 aromatic carbocycles. The first-order valence-corrected chi connectivity index (χ1v) is 12.5. The summed E-state index contributed by atoms with van der Waals surface area (Å²) in [5, 5.41) is 4.51. The predicted octanol–water partition coefficient (Wildman–Crippen LogP) is 2.23.